The highest BCUT2D eigenvalue weighted by molar-refractivity contribution is 7.10. The van der Waals surface area contributed by atoms with Gasteiger partial charge in [0.2, 0.25) is 11.8 Å². The number of carbonyl (C=O) groups is 4. The molecule has 1 aliphatic carbocycles. The number of nitrogens with one attached hydrogen (secondary N) is 3. The second kappa shape index (κ2) is 22.2. The molecule has 3 amide bonds. The number of rotatable bonds is 10. The standard InChI is InChI=1S/C58H76F3N11O7S/c1-35(77-4)49-41(23-38(26-63-49)68-19-18-67-20-21-78-29-39(67)28-68)51-42-25-56(2,3)34-79-55(76)43-10-7-15-72(66-43)54(75)44(24-48-64-46(30-80-48)37-11-12-47(40(42)22-37)71(51)33-58(59,60)61)65-52(73)50(36-8-5-6-9-36)69-16-13-57(31-69)14-17-70(32-57)53(74)45-27-62-45/h11-12,22-23,26,30,35-36,39,43-45,50,62,66H,5-10,13-21,24-25,27-29,31-34H2,1-4H3,(H,65,73)/t35-,39-,43-,44-,45+,50?,57-/m0/s1. The van der Waals surface area contributed by atoms with E-state index in [1.807, 2.05) is 43.2 Å². The van der Waals surface area contributed by atoms with Gasteiger partial charge in [-0.3, -0.25) is 39.0 Å². The lowest BCUT2D eigenvalue weighted by molar-refractivity contribution is -0.155. The summed E-state index contributed by atoms with van der Waals surface area (Å²) >= 11 is 1.36. The minimum atomic E-state index is -4.61. The van der Waals surface area contributed by atoms with Crippen molar-refractivity contribution in [3.8, 4) is 22.5 Å². The van der Waals surface area contributed by atoms with Gasteiger partial charge < -0.3 is 39.2 Å². The van der Waals surface area contributed by atoms with E-state index in [4.69, 9.17) is 24.2 Å². The summed E-state index contributed by atoms with van der Waals surface area (Å²) in [4.78, 5) is 76.6. The largest absolute Gasteiger partial charge is 0.464 e. The molecule has 7 aliphatic heterocycles. The van der Waals surface area contributed by atoms with Crippen molar-refractivity contribution in [2.75, 3.05) is 97.3 Å². The molecule has 8 aliphatic rings. The molecule has 4 aromatic rings. The number of thiazole rings is 1. The van der Waals surface area contributed by atoms with Crippen LogP contribution < -0.4 is 21.0 Å². The van der Waals surface area contributed by atoms with Crippen molar-refractivity contribution >= 4 is 51.6 Å². The number of hydrogen-bond acceptors (Lipinski definition) is 15. The second-order valence-electron chi connectivity index (χ2n) is 24.8. The molecule has 1 unspecified atom stereocenters. The number of morpholine rings is 1. The number of methoxy groups -OCH3 is 1. The number of hydrogen-bond donors (Lipinski definition) is 3. The summed E-state index contributed by atoms with van der Waals surface area (Å²) in [5.41, 5.74) is 6.71. The Hall–Kier alpha value is -5.23. The predicted octanol–water partition coefficient (Wildman–Crippen LogP) is 5.72. The summed E-state index contributed by atoms with van der Waals surface area (Å²) in [6.07, 6.45) is 3.41. The van der Waals surface area contributed by atoms with Gasteiger partial charge in [-0.2, -0.15) is 13.2 Å². The lowest BCUT2D eigenvalue weighted by atomic mass is 9.84. The number of likely N-dealkylation sites (tertiary alicyclic amines) is 2. The first-order valence-electron chi connectivity index (χ1n) is 29.0. The molecule has 6 bridgehead atoms. The zero-order valence-electron chi connectivity index (χ0n) is 46.5. The van der Waals surface area contributed by atoms with E-state index in [1.54, 1.807) is 25.4 Å². The Labute approximate surface area is 469 Å². The van der Waals surface area contributed by atoms with Crippen LogP contribution in [-0.4, -0.2) is 187 Å². The number of carbonyl (C=O) groups excluding carboxylic acids is 4. The fraction of sp³-hybridized carbons (Fsp3) is 0.655. The smallest absolute Gasteiger partial charge is 0.406 e. The molecule has 1 aromatic carbocycles. The summed E-state index contributed by atoms with van der Waals surface area (Å²) in [5.74, 6) is -0.882. The molecule has 6 saturated heterocycles. The van der Waals surface area contributed by atoms with Crippen LogP contribution in [0.1, 0.15) is 94.5 Å². The number of aromatic nitrogens is 3. The van der Waals surface area contributed by atoms with Crippen LogP contribution in [0.5, 0.6) is 0 Å². The van der Waals surface area contributed by atoms with Gasteiger partial charge in [0, 0.05) is 111 Å². The van der Waals surface area contributed by atoms with E-state index in [0.29, 0.717) is 115 Å². The fourth-order valence-corrected chi connectivity index (χ4v) is 14.9. The summed E-state index contributed by atoms with van der Waals surface area (Å²) in [6.45, 7) is 12.6. The molecule has 0 radical (unpaired) electrons. The maximum absolute atomic E-state index is 15.2. The first-order valence-corrected chi connectivity index (χ1v) is 29.9. The Kier molecular flexibility index (Phi) is 15.3. The van der Waals surface area contributed by atoms with Crippen molar-refractivity contribution < 1.29 is 46.6 Å². The molecule has 3 aromatic heterocycles. The molecule has 7 atom stereocenters. The third-order valence-electron chi connectivity index (χ3n) is 18.5. The molecule has 18 nitrogen and oxygen atoms in total. The summed E-state index contributed by atoms with van der Waals surface area (Å²) in [5, 5.41) is 10.9. The molecular formula is C58H76F3N11O7S. The predicted molar refractivity (Wildman–Crippen MR) is 295 cm³/mol. The average Bonchev–Trinajstić information content (AvgIpc) is 3.96. The minimum absolute atomic E-state index is 0.0660. The number of halogens is 3. The first-order chi connectivity index (χ1) is 38.4. The molecule has 80 heavy (non-hydrogen) atoms. The first kappa shape index (κ1) is 55.3. The number of fused-ring (bicyclic) bond motifs is 7. The van der Waals surface area contributed by atoms with Crippen LogP contribution in [0.15, 0.2) is 35.8 Å². The summed E-state index contributed by atoms with van der Waals surface area (Å²) in [7, 11) is 1.56. The van der Waals surface area contributed by atoms with Crippen molar-refractivity contribution in [1.82, 2.24) is 50.3 Å². The van der Waals surface area contributed by atoms with Crippen LogP contribution in [0.2, 0.25) is 0 Å². The van der Waals surface area contributed by atoms with Gasteiger partial charge in [0.05, 0.1) is 78.0 Å². The Morgan fingerprint density at radius 1 is 1.01 bits per heavy atom. The van der Waals surface area contributed by atoms with E-state index in [1.165, 1.54) is 20.9 Å². The van der Waals surface area contributed by atoms with Crippen molar-refractivity contribution in [3.05, 3.63) is 52.1 Å². The number of ether oxygens (including phenoxy) is 3. The average molecular weight is 1130 g/mol. The second-order valence-corrected chi connectivity index (χ2v) is 25.8. The SMILES string of the molecule is CO[C@@H](C)c1ncc(N2CCN3CCOC[C@@H]3C2)cc1-c1c2c3cc(ccc3n1CC(F)(F)F)-c1csc(n1)C[C@H](NC(=O)C(C1CCCC1)N1CC[C@]3(CCN(C(=O)[C@H]4CN4)C3)C1)C(=O)N1CCC[C@H](N1)C(=O)OCC(C)(C)C2. The monoisotopic (exact) mass is 1130 g/mol. The van der Waals surface area contributed by atoms with Gasteiger partial charge in [0.25, 0.3) is 5.91 Å². The third kappa shape index (κ3) is 11.3. The van der Waals surface area contributed by atoms with Crippen LogP contribution in [0.4, 0.5) is 18.9 Å². The maximum atomic E-state index is 15.2. The van der Waals surface area contributed by atoms with E-state index in [9.17, 15) is 14.4 Å². The van der Waals surface area contributed by atoms with Crippen LogP contribution in [0.25, 0.3) is 33.4 Å². The van der Waals surface area contributed by atoms with E-state index >= 15 is 18.0 Å². The van der Waals surface area contributed by atoms with Crippen LogP contribution in [0, 0.1) is 16.7 Å². The highest BCUT2D eigenvalue weighted by atomic mass is 32.1. The lowest BCUT2D eigenvalue weighted by Crippen LogP contribution is -2.62. The van der Waals surface area contributed by atoms with Gasteiger partial charge in [-0.1, -0.05) is 32.8 Å². The number of esters is 1. The van der Waals surface area contributed by atoms with Gasteiger partial charge >= 0.3 is 12.1 Å². The summed E-state index contributed by atoms with van der Waals surface area (Å²) < 4.78 is 64.9. The molecule has 3 N–H and O–H groups in total. The number of cyclic esters (lactones) is 1. The Morgan fingerprint density at radius 3 is 2.61 bits per heavy atom. The van der Waals surface area contributed by atoms with Gasteiger partial charge in [-0.05, 0) is 88.1 Å². The third-order valence-corrected chi connectivity index (χ3v) is 19.3. The molecule has 432 valence electrons. The van der Waals surface area contributed by atoms with E-state index < -0.39 is 48.3 Å². The zero-order valence-corrected chi connectivity index (χ0v) is 47.3. The molecule has 7 fully saturated rings. The Bertz CT molecular complexity index is 3000. The maximum Gasteiger partial charge on any atom is 0.406 e. The van der Waals surface area contributed by atoms with Crippen molar-refractivity contribution in [2.24, 2.45) is 16.7 Å². The molecular weight excluding hydrogens is 1050 g/mol. The Balaban J connectivity index is 0.916. The lowest BCUT2D eigenvalue weighted by Gasteiger charge is -2.44. The molecule has 22 heteroatoms. The molecule has 1 saturated carbocycles. The summed E-state index contributed by atoms with van der Waals surface area (Å²) in [6, 6.07) is 5.10. The number of pyridine rings is 1. The van der Waals surface area contributed by atoms with Gasteiger partial charge in [0.1, 0.15) is 18.6 Å². The number of anilines is 1. The van der Waals surface area contributed by atoms with Gasteiger partial charge in [0.15, 0.2) is 0 Å². The van der Waals surface area contributed by atoms with Crippen LogP contribution in [0.3, 0.4) is 0 Å². The number of hydrazine groups is 1. The minimum Gasteiger partial charge on any atom is -0.464 e. The van der Waals surface area contributed by atoms with E-state index in [2.05, 4.69) is 30.8 Å². The van der Waals surface area contributed by atoms with Crippen molar-refractivity contribution in [3.63, 3.8) is 0 Å². The fourth-order valence-electron chi connectivity index (χ4n) is 14.1. The highest BCUT2D eigenvalue weighted by Gasteiger charge is 2.51. The number of nitrogens with zero attached hydrogens (tertiary/aromatic N) is 8. The Morgan fingerprint density at radius 2 is 1.82 bits per heavy atom. The van der Waals surface area contributed by atoms with E-state index in [-0.39, 0.29) is 60.6 Å². The quantitative estimate of drug-likeness (QED) is 0.129. The molecule has 12 rings (SSSR count). The van der Waals surface area contributed by atoms with Crippen LogP contribution >= 0.6 is 11.3 Å². The van der Waals surface area contributed by atoms with Crippen LogP contribution in [-0.2, 0) is 52.8 Å². The zero-order chi connectivity index (χ0) is 55.7. The van der Waals surface area contributed by atoms with E-state index in [0.717, 1.165) is 70.4 Å². The number of piperazine rings is 1. The van der Waals surface area contributed by atoms with Gasteiger partial charge in [-0.25, -0.2) is 10.4 Å². The topological polar surface area (TPSA) is 189 Å². The number of benzene rings is 1. The normalized spacial score (nSPS) is 27.8. The van der Waals surface area contributed by atoms with Crippen molar-refractivity contribution in [1.29, 1.82) is 0 Å². The molecule has 10 heterocycles. The molecule has 1 spiro atoms. The number of amides is 3. The van der Waals surface area contributed by atoms with Gasteiger partial charge in [-0.15, -0.1) is 11.3 Å². The highest BCUT2D eigenvalue weighted by Crippen LogP contribution is 2.46. The number of alkyl halides is 3. The van der Waals surface area contributed by atoms with Crippen molar-refractivity contribution in [2.45, 2.75) is 134 Å².